The van der Waals surface area contributed by atoms with Crippen molar-refractivity contribution in [1.29, 1.82) is 0 Å². The first-order valence-electron chi connectivity index (χ1n) is 6.27. The maximum Gasteiger partial charge on any atom is 0.0451 e. The summed E-state index contributed by atoms with van der Waals surface area (Å²) in [6.07, 6.45) is 1.12. The number of halogens is 1. The van der Waals surface area contributed by atoms with Crippen molar-refractivity contribution in [2.24, 2.45) is 0 Å². The Morgan fingerprint density at radius 2 is 2.00 bits per heavy atom. The van der Waals surface area contributed by atoms with Crippen LogP contribution < -0.4 is 0 Å². The van der Waals surface area contributed by atoms with Gasteiger partial charge in [0.1, 0.15) is 0 Å². The first-order chi connectivity index (χ1) is 8.79. The molecule has 0 unspecified atom stereocenters. The Morgan fingerprint density at radius 3 is 2.67 bits per heavy atom. The van der Waals surface area contributed by atoms with Gasteiger partial charge in [0, 0.05) is 23.0 Å². The number of likely N-dealkylation sites (N-methyl/N-ethyl adjacent to an activating group) is 1. The van der Waals surface area contributed by atoms with Crippen molar-refractivity contribution in [3.63, 3.8) is 0 Å². The number of nitrogens with zero attached hydrogens (tertiary/aromatic N) is 1. The Hall–Kier alpha value is -0.830. The molecule has 0 spiro atoms. The number of hydrogen-bond donors (Lipinski definition) is 0. The largest absolute Gasteiger partial charge is 0.299 e. The van der Waals surface area contributed by atoms with Crippen molar-refractivity contribution in [2.75, 3.05) is 13.1 Å². The van der Waals surface area contributed by atoms with Gasteiger partial charge in [-0.3, -0.25) is 4.90 Å². The minimum Gasteiger partial charge on any atom is -0.299 e. The molecule has 0 saturated carbocycles. The molecule has 0 aliphatic rings. The third-order valence-corrected chi connectivity index (χ3v) is 4.36. The Morgan fingerprint density at radius 1 is 1.17 bits per heavy atom. The summed E-state index contributed by atoms with van der Waals surface area (Å²) >= 11 is 8.03. The van der Waals surface area contributed by atoms with Gasteiger partial charge in [-0.1, -0.05) is 42.8 Å². The fourth-order valence-corrected chi connectivity index (χ4v) is 2.83. The van der Waals surface area contributed by atoms with Crippen molar-refractivity contribution < 1.29 is 0 Å². The predicted molar refractivity (Wildman–Crippen MR) is 80.4 cm³/mol. The molecule has 1 aromatic heterocycles. The van der Waals surface area contributed by atoms with Crippen LogP contribution in [-0.4, -0.2) is 18.0 Å². The zero-order valence-corrected chi connectivity index (χ0v) is 12.2. The molecular weight excluding hydrogens is 262 g/mol. The SMILES string of the molecule is CCN(CCc1cccs1)Cc1ccccc1Cl. The molecule has 3 heteroatoms. The number of benzene rings is 1. The Bertz CT molecular complexity index is 467. The Labute approximate surface area is 118 Å². The molecule has 0 aliphatic heterocycles. The van der Waals surface area contributed by atoms with Gasteiger partial charge in [0.15, 0.2) is 0 Å². The summed E-state index contributed by atoms with van der Waals surface area (Å²) in [5.41, 5.74) is 1.21. The Balaban J connectivity index is 1.91. The van der Waals surface area contributed by atoms with Crippen LogP contribution in [0.1, 0.15) is 17.4 Å². The van der Waals surface area contributed by atoms with Crippen LogP contribution in [0.4, 0.5) is 0 Å². The van der Waals surface area contributed by atoms with Gasteiger partial charge in [-0.15, -0.1) is 11.3 Å². The van der Waals surface area contributed by atoms with E-state index in [0.29, 0.717) is 0 Å². The molecule has 0 fully saturated rings. The van der Waals surface area contributed by atoms with Crippen molar-refractivity contribution in [3.05, 3.63) is 57.2 Å². The van der Waals surface area contributed by atoms with Crippen LogP contribution in [-0.2, 0) is 13.0 Å². The monoisotopic (exact) mass is 279 g/mol. The summed E-state index contributed by atoms with van der Waals surface area (Å²) in [5.74, 6) is 0. The lowest BCUT2D eigenvalue weighted by Gasteiger charge is -2.20. The van der Waals surface area contributed by atoms with E-state index < -0.39 is 0 Å². The molecular formula is C15H18ClNS. The third-order valence-electron chi connectivity index (χ3n) is 3.05. The van der Waals surface area contributed by atoms with Gasteiger partial charge >= 0.3 is 0 Å². The van der Waals surface area contributed by atoms with E-state index in [-0.39, 0.29) is 0 Å². The molecule has 0 radical (unpaired) electrons. The standard InChI is InChI=1S/C15H18ClNS/c1-2-17(10-9-14-7-5-11-18-14)12-13-6-3-4-8-15(13)16/h3-8,11H,2,9-10,12H2,1H3. The van der Waals surface area contributed by atoms with E-state index in [0.717, 1.165) is 31.1 Å². The molecule has 0 bridgehead atoms. The van der Waals surface area contributed by atoms with Gasteiger partial charge in [-0.05, 0) is 36.0 Å². The molecule has 0 N–H and O–H groups in total. The second-order valence-electron chi connectivity index (χ2n) is 4.29. The lowest BCUT2D eigenvalue weighted by atomic mass is 10.2. The average molecular weight is 280 g/mol. The number of rotatable bonds is 6. The predicted octanol–water partition coefficient (Wildman–Crippen LogP) is 4.47. The molecule has 2 aromatic rings. The fourth-order valence-electron chi connectivity index (χ4n) is 1.94. The lowest BCUT2D eigenvalue weighted by Crippen LogP contribution is -2.25. The quantitative estimate of drug-likeness (QED) is 0.754. The van der Waals surface area contributed by atoms with Gasteiger partial charge < -0.3 is 0 Å². The van der Waals surface area contributed by atoms with Crippen molar-refractivity contribution in [1.82, 2.24) is 4.90 Å². The van der Waals surface area contributed by atoms with Crippen LogP contribution in [0.3, 0.4) is 0 Å². The molecule has 0 saturated heterocycles. The van der Waals surface area contributed by atoms with E-state index in [1.165, 1.54) is 10.4 Å². The van der Waals surface area contributed by atoms with E-state index in [1.807, 2.05) is 29.5 Å². The van der Waals surface area contributed by atoms with E-state index in [9.17, 15) is 0 Å². The second-order valence-corrected chi connectivity index (χ2v) is 5.73. The Kier molecular flexibility index (Phi) is 5.24. The summed E-state index contributed by atoms with van der Waals surface area (Å²) in [6.45, 7) is 5.27. The molecule has 2 rings (SSSR count). The van der Waals surface area contributed by atoms with Crippen molar-refractivity contribution >= 4 is 22.9 Å². The summed E-state index contributed by atoms with van der Waals surface area (Å²) in [7, 11) is 0. The van der Waals surface area contributed by atoms with Crippen molar-refractivity contribution in [3.8, 4) is 0 Å². The molecule has 1 aromatic carbocycles. The first-order valence-corrected chi connectivity index (χ1v) is 7.53. The molecule has 1 heterocycles. The van der Waals surface area contributed by atoms with Crippen LogP contribution >= 0.6 is 22.9 Å². The van der Waals surface area contributed by atoms with Crippen LogP contribution in [0.25, 0.3) is 0 Å². The molecule has 0 amide bonds. The molecule has 18 heavy (non-hydrogen) atoms. The number of thiophene rings is 1. The van der Waals surface area contributed by atoms with Gasteiger partial charge in [0.2, 0.25) is 0 Å². The third kappa shape index (κ3) is 3.84. The zero-order valence-electron chi connectivity index (χ0n) is 10.6. The highest BCUT2D eigenvalue weighted by Crippen LogP contribution is 2.17. The highest BCUT2D eigenvalue weighted by Gasteiger charge is 2.07. The summed E-state index contributed by atoms with van der Waals surface area (Å²) in [5, 5.41) is 3.01. The number of hydrogen-bond acceptors (Lipinski definition) is 2. The summed E-state index contributed by atoms with van der Waals surface area (Å²) < 4.78 is 0. The zero-order chi connectivity index (χ0) is 12.8. The normalized spacial score (nSPS) is 11.1. The van der Waals surface area contributed by atoms with Crippen molar-refractivity contribution in [2.45, 2.75) is 19.9 Å². The average Bonchev–Trinajstić information content (AvgIpc) is 2.90. The van der Waals surface area contributed by atoms with Crippen LogP contribution in [0.5, 0.6) is 0 Å². The fraction of sp³-hybridized carbons (Fsp3) is 0.333. The van der Waals surface area contributed by atoms with E-state index in [2.05, 4.69) is 35.4 Å². The minimum atomic E-state index is 0.868. The smallest absolute Gasteiger partial charge is 0.0451 e. The van der Waals surface area contributed by atoms with Gasteiger partial charge in [-0.25, -0.2) is 0 Å². The molecule has 0 aliphatic carbocycles. The van der Waals surface area contributed by atoms with E-state index >= 15 is 0 Å². The maximum absolute atomic E-state index is 6.20. The molecule has 96 valence electrons. The highest BCUT2D eigenvalue weighted by atomic mass is 35.5. The van der Waals surface area contributed by atoms with Gasteiger partial charge in [0.05, 0.1) is 0 Å². The van der Waals surface area contributed by atoms with Crippen LogP contribution in [0.15, 0.2) is 41.8 Å². The second kappa shape index (κ2) is 6.93. The topological polar surface area (TPSA) is 3.24 Å². The molecule has 0 atom stereocenters. The lowest BCUT2D eigenvalue weighted by molar-refractivity contribution is 0.284. The highest BCUT2D eigenvalue weighted by molar-refractivity contribution is 7.09. The van der Waals surface area contributed by atoms with E-state index in [1.54, 1.807) is 0 Å². The van der Waals surface area contributed by atoms with Gasteiger partial charge in [-0.2, -0.15) is 0 Å². The molecule has 1 nitrogen and oxygen atoms in total. The first kappa shape index (κ1) is 13.6. The summed E-state index contributed by atoms with van der Waals surface area (Å²) in [6, 6.07) is 12.4. The van der Waals surface area contributed by atoms with Crippen LogP contribution in [0.2, 0.25) is 5.02 Å². The van der Waals surface area contributed by atoms with Crippen LogP contribution in [0, 0.1) is 0 Å². The van der Waals surface area contributed by atoms with E-state index in [4.69, 9.17) is 11.6 Å². The summed E-state index contributed by atoms with van der Waals surface area (Å²) in [4.78, 5) is 3.88. The maximum atomic E-state index is 6.20. The van der Waals surface area contributed by atoms with Gasteiger partial charge in [0.25, 0.3) is 0 Å². The minimum absolute atomic E-state index is 0.868.